The van der Waals surface area contributed by atoms with Crippen LogP contribution in [0.1, 0.15) is 17.3 Å². The maximum atomic E-state index is 12.5. The van der Waals surface area contributed by atoms with E-state index in [1.165, 1.54) is 0 Å². The Morgan fingerprint density at radius 3 is 2.79 bits per heavy atom. The fraction of sp³-hybridized carbons (Fsp3) is 0.111. The number of pyridine rings is 1. The van der Waals surface area contributed by atoms with Crippen molar-refractivity contribution in [2.75, 3.05) is 11.9 Å². The molecule has 0 fully saturated rings. The highest BCUT2D eigenvalue weighted by Gasteiger charge is 2.14. The second-order valence-corrected chi connectivity index (χ2v) is 6.04. The van der Waals surface area contributed by atoms with Crippen molar-refractivity contribution in [1.29, 1.82) is 0 Å². The van der Waals surface area contributed by atoms with Crippen LogP contribution in [-0.2, 0) is 0 Å². The molecule has 0 saturated carbocycles. The summed E-state index contributed by atoms with van der Waals surface area (Å²) in [6.45, 7) is 2.35. The molecule has 122 valence electrons. The van der Waals surface area contributed by atoms with Crippen LogP contribution in [0.2, 0.25) is 0 Å². The summed E-state index contributed by atoms with van der Waals surface area (Å²) in [6.07, 6.45) is 0. The Hall–Kier alpha value is -2.60. The fourth-order valence-electron chi connectivity index (χ4n) is 2.39. The predicted octanol–water partition coefficient (Wildman–Crippen LogP) is 3.94. The van der Waals surface area contributed by atoms with Crippen LogP contribution >= 0.6 is 15.9 Å². The first kappa shape index (κ1) is 16.3. The lowest BCUT2D eigenvalue weighted by Crippen LogP contribution is -2.23. The Kier molecular flexibility index (Phi) is 4.66. The van der Waals surface area contributed by atoms with Gasteiger partial charge in [0.2, 0.25) is 0 Å². The maximum Gasteiger partial charge on any atom is 0.261 e. The number of amides is 1. The molecular weight excluding hydrogens is 372 g/mol. The van der Waals surface area contributed by atoms with Crippen molar-refractivity contribution in [3.63, 3.8) is 0 Å². The monoisotopic (exact) mass is 386 g/mol. The molecule has 0 radical (unpaired) electrons. The van der Waals surface area contributed by atoms with Gasteiger partial charge in [-0.25, -0.2) is 0 Å². The molecule has 24 heavy (non-hydrogen) atoms. The number of fused-ring (bicyclic) bond motifs is 1. The van der Waals surface area contributed by atoms with Crippen LogP contribution in [0, 0.1) is 0 Å². The summed E-state index contributed by atoms with van der Waals surface area (Å²) in [5.74, 6) is 0.0820. The van der Waals surface area contributed by atoms with Gasteiger partial charge >= 0.3 is 0 Å². The molecular formula is C18H15BrN2O3. The smallest absolute Gasteiger partial charge is 0.261 e. The molecule has 2 N–H and O–H groups in total. The van der Waals surface area contributed by atoms with Gasteiger partial charge in [-0.05, 0) is 43.3 Å². The standard InChI is InChI=1S/C18H15BrN2O3/c1-2-24-16-6-4-3-5-15(16)21-18(23)13-10-11-9-12(19)7-8-14(11)20-17(13)22/h3-10H,2H2,1H3,(H,20,22)(H,21,23). The number of aromatic amines is 1. The lowest BCUT2D eigenvalue weighted by Gasteiger charge is -2.11. The number of hydrogen-bond donors (Lipinski definition) is 2. The Morgan fingerprint density at radius 2 is 2.00 bits per heavy atom. The molecule has 1 heterocycles. The molecule has 0 saturated heterocycles. The van der Waals surface area contributed by atoms with Gasteiger partial charge in [0, 0.05) is 15.4 Å². The van der Waals surface area contributed by atoms with Crippen molar-refractivity contribution < 1.29 is 9.53 Å². The first-order valence-corrected chi connectivity index (χ1v) is 8.23. The lowest BCUT2D eigenvalue weighted by atomic mass is 10.1. The van der Waals surface area contributed by atoms with Crippen molar-refractivity contribution in [3.05, 3.63) is 68.9 Å². The SMILES string of the molecule is CCOc1ccccc1NC(=O)c1cc2cc(Br)ccc2[nH]c1=O. The molecule has 6 heteroatoms. The molecule has 0 bridgehead atoms. The molecule has 0 unspecified atom stereocenters. The van der Waals surface area contributed by atoms with E-state index in [2.05, 4.69) is 26.2 Å². The number of H-pyrrole nitrogens is 1. The Morgan fingerprint density at radius 1 is 1.21 bits per heavy atom. The summed E-state index contributed by atoms with van der Waals surface area (Å²) in [5.41, 5.74) is 0.815. The van der Waals surface area contributed by atoms with Gasteiger partial charge in [-0.15, -0.1) is 0 Å². The van der Waals surface area contributed by atoms with E-state index in [4.69, 9.17) is 4.74 Å². The predicted molar refractivity (Wildman–Crippen MR) is 97.8 cm³/mol. The summed E-state index contributed by atoms with van der Waals surface area (Å²) in [7, 11) is 0. The van der Waals surface area contributed by atoms with Crippen molar-refractivity contribution in [1.82, 2.24) is 4.98 Å². The number of anilines is 1. The first-order valence-electron chi connectivity index (χ1n) is 7.44. The van der Waals surface area contributed by atoms with Crippen LogP contribution in [0.3, 0.4) is 0 Å². The molecule has 0 aliphatic carbocycles. The van der Waals surface area contributed by atoms with Crippen molar-refractivity contribution >= 4 is 38.4 Å². The number of carbonyl (C=O) groups excluding carboxylic acids is 1. The fourth-order valence-corrected chi connectivity index (χ4v) is 2.77. The van der Waals surface area contributed by atoms with Crippen LogP contribution in [0.5, 0.6) is 5.75 Å². The van der Waals surface area contributed by atoms with E-state index in [1.54, 1.807) is 30.3 Å². The van der Waals surface area contributed by atoms with E-state index in [-0.39, 0.29) is 5.56 Å². The second kappa shape index (κ2) is 6.88. The number of aromatic nitrogens is 1. The number of rotatable bonds is 4. The summed E-state index contributed by atoms with van der Waals surface area (Å²) in [6, 6.07) is 14.1. The van der Waals surface area contributed by atoms with Gasteiger partial charge in [0.05, 0.1) is 12.3 Å². The minimum atomic E-state index is -0.481. The molecule has 2 aromatic carbocycles. The van der Waals surface area contributed by atoms with E-state index in [0.29, 0.717) is 23.6 Å². The van der Waals surface area contributed by atoms with E-state index in [0.717, 1.165) is 9.86 Å². The number of carbonyl (C=O) groups is 1. The molecule has 0 spiro atoms. The summed E-state index contributed by atoms with van der Waals surface area (Å²) < 4.78 is 6.35. The largest absolute Gasteiger partial charge is 0.492 e. The van der Waals surface area contributed by atoms with Gasteiger partial charge in [0.15, 0.2) is 0 Å². The van der Waals surface area contributed by atoms with Crippen LogP contribution in [0.15, 0.2) is 57.8 Å². The number of hydrogen-bond acceptors (Lipinski definition) is 3. The van der Waals surface area contributed by atoms with Gasteiger partial charge in [-0.1, -0.05) is 28.1 Å². The van der Waals surface area contributed by atoms with Crippen molar-refractivity contribution in [3.8, 4) is 5.75 Å². The van der Waals surface area contributed by atoms with Crippen LogP contribution in [0.4, 0.5) is 5.69 Å². The number of benzene rings is 2. The topological polar surface area (TPSA) is 71.2 Å². The van der Waals surface area contributed by atoms with Crippen LogP contribution in [0.25, 0.3) is 10.9 Å². The van der Waals surface area contributed by atoms with Crippen molar-refractivity contribution in [2.45, 2.75) is 6.92 Å². The van der Waals surface area contributed by atoms with E-state index in [1.807, 2.05) is 25.1 Å². The molecule has 3 rings (SSSR count). The zero-order valence-electron chi connectivity index (χ0n) is 12.9. The summed E-state index contributed by atoms with van der Waals surface area (Å²) >= 11 is 3.38. The highest BCUT2D eigenvalue weighted by molar-refractivity contribution is 9.10. The highest BCUT2D eigenvalue weighted by atomic mass is 79.9. The average molecular weight is 387 g/mol. The third-order valence-electron chi connectivity index (χ3n) is 3.49. The third kappa shape index (κ3) is 3.33. The lowest BCUT2D eigenvalue weighted by molar-refractivity contribution is 0.102. The zero-order valence-corrected chi connectivity index (χ0v) is 14.5. The zero-order chi connectivity index (χ0) is 17.1. The molecule has 1 amide bonds. The molecule has 0 atom stereocenters. The molecule has 1 aromatic heterocycles. The quantitative estimate of drug-likeness (QED) is 0.713. The van der Waals surface area contributed by atoms with Gasteiger partial charge in [0.1, 0.15) is 11.3 Å². The second-order valence-electron chi connectivity index (χ2n) is 5.13. The van der Waals surface area contributed by atoms with Gasteiger partial charge in [0.25, 0.3) is 11.5 Å². The van der Waals surface area contributed by atoms with Gasteiger partial charge in [-0.2, -0.15) is 0 Å². The minimum absolute atomic E-state index is 0.0481. The van der Waals surface area contributed by atoms with Gasteiger partial charge < -0.3 is 15.0 Å². The molecule has 0 aliphatic rings. The highest BCUT2D eigenvalue weighted by Crippen LogP contribution is 2.24. The maximum absolute atomic E-state index is 12.5. The van der Waals surface area contributed by atoms with Crippen LogP contribution < -0.4 is 15.6 Å². The molecule has 3 aromatic rings. The molecule has 5 nitrogen and oxygen atoms in total. The Bertz CT molecular complexity index is 966. The van der Waals surface area contributed by atoms with E-state index >= 15 is 0 Å². The van der Waals surface area contributed by atoms with Crippen molar-refractivity contribution in [2.24, 2.45) is 0 Å². The average Bonchev–Trinajstić information content (AvgIpc) is 2.56. The van der Waals surface area contributed by atoms with Crippen LogP contribution in [-0.4, -0.2) is 17.5 Å². The van der Waals surface area contributed by atoms with Gasteiger partial charge in [-0.3, -0.25) is 9.59 Å². The Balaban J connectivity index is 1.97. The van der Waals surface area contributed by atoms with E-state index in [9.17, 15) is 9.59 Å². The normalized spacial score (nSPS) is 10.6. The number of para-hydroxylation sites is 2. The molecule has 0 aliphatic heterocycles. The number of nitrogens with one attached hydrogen (secondary N) is 2. The summed E-state index contributed by atoms with van der Waals surface area (Å²) in [4.78, 5) is 27.4. The summed E-state index contributed by atoms with van der Waals surface area (Å²) in [5, 5.41) is 3.51. The third-order valence-corrected chi connectivity index (χ3v) is 3.98. The minimum Gasteiger partial charge on any atom is -0.492 e. The Labute approximate surface area is 146 Å². The van der Waals surface area contributed by atoms with E-state index < -0.39 is 11.5 Å². The number of halogens is 1. The first-order chi connectivity index (χ1) is 11.6. The number of ether oxygens (including phenoxy) is 1.